The molecule has 2 aromatic heterocycles. The Balaban J connectivity index is 1.05. The fourth-order valence-electron chi connectivity index (χ4n) is 7.36. The van der Waals surface area contributed by atoms with E-state index in [4.69, 9.17) is 0 Å². The van der Waals surface area contributed by atoms with Crippen LogP contribution in [0, 0.1) is 0 Å². The molecule has 14 heteroatoms. The highest BCUT2D eigenvalue weighted by Gasteiger charge is 2.36. The van der Waals surface area contributed by atoms with Crippen LogP contribution >= 0.6 is 0 Å². The molecule has 6 rings (SSSR count). The molecule has 14 nitrogen and oxygen atoms in total. The summed E-state index contributed by atoms with van der Waals surface area (Å²) in [6.45, 7) is 4.55. The van der Waals surface area contributed by atoms with Crippen molar-refractivity contribution in [2.24, 2.45) is 0 Å². The average molecular weight is 687 g/mol. The van der Waals surface area contributed by atoms with Gasteiger partial charge < -0.3 is 39.9 Å². The number of H-pyrrole nitrogens is 2. The summed E-state index contributed by atoms with van der Waals surface area (Å²) in [5.41, 5.74) is 5.41. The van der Waals surface area contributed by atoms with Gasteiger partial charge in [-0.25, -0.2) is 19.6 Å². The Kier molecular flexibility index (Phi) is 10.5. The largest absolute Gasteiger partial charge is 0.453 e. The molecule has 0 spiro atoms. The minimum atomic E-state index is -0.694. The van der Waals surface area contributed by atoms with Crippen LogP contribution in [0.25, 0.3) is 16.8 Å². The van der Waals surface area contributed by atoms with Gasteiger partial charge in [0.1, 0.15) is 23.7 Å². The Morgan fingerprint density at radius 2 is 1.30 bits per heavy atom. The first-order chi connectivity index (χ1) is 24.2. The maximum Gasteiger partial charge on any atom is 0.407 e. The fraction of sp³-hybridized carbons (Fsp3) is 0.500. The minimum Gasteiger partial charge on any atom is -0.453 e. The van der Waals surface area contributed by atoms with Crippen molar-refractivity contribution < 1.29 is 28.7 Å². The smallest absolute Gasteiger partial charge is 0.407 e. The SMILES string of the molecule is COC(=O)N[C@@H](C)C(=O)N1CCC[C@H]1c1ncc(-c2ccc(C3CC=C(c4cnc([C@@H]5CCCN5C(=O)[C@@H](C)NC(=O)OC)[nH]4)CC3)cc2)[nH]1. The number of hydrogen-bond donors (Lipinski definition) is 4. The van der Waals surface area contributed by atoms with Gasteiger partial charge in [0.2, 0.25) is 11.8 Å². The van der Waals surface area contributed by atoms with Gasteiger partial charge in [0, 0.05) is 13.1 Å². The Hall–Kier alpha value is -5.14. The van der Waals surface area contributed by atoms with E-state index in [1.807, 2.05) is 12.4 Å². The molecule has 3 aliphatic rings. The quantitative estimate of drug-likeness (QED) is 0.244. The van der Waals surface area contributed by atoms with Gasteiger partial charge in [0.15, 0.2) is 0 Å². The Bertz CT molecular complexity index is 1730. The molecule has 4 N–H and O–H groups in total. The summed E-state index contributed by atoms with van der Waals surface area (Å²) in [6, 6.07) is 6.88. The lowest BCUT2D eigenvalue weighted by Gasteiger charge is -2.26. The number of aromatic amines is 2. The normalized spacial score (nSPS) is 21.7. The topological polar surface area (TPSA) is 175 Å². The number of aromatic nitrogens is 4. The lowest BCUT2D eigenvalue weighted by molar-refractivity contribution is -0.134. The minimum absolute atomic E-state index is 0.150. The van der Waals surface area contributed by atoms with Crippen LogP contribution in [0.5, 0.6) is 0 Å². The second-order valence-corrected chi connectivity index (χ2v) is 13.3. The lowest BCUT2D eigenvalue weighted by atomic mass is 9.83. The second kappa shape index (κ2) is 15.2. The number of carbonyl (C=O) groups excluding carboxylic acids is 4. The van der Waals surface area contributed by atoms with E-state index in [9.17, 15) is 19.2 Å². The Labute approximate surface area is 291 Å². The molecular weight excluding hydrogens is 640 g/mol. The number of rotatable bonds is 9. The Morgan fingerprint density at radius 3 is 1.80 bits per heavy atom. The summed E-state index contributed by atoms with van der Waals surface area (Å²) in [5, 5.41) is 5.13. The summed E-state index contributed by atoms with van der Waals surface area (Å²) >= 11 is 0. The van der Waals surface area contributed by atoms with Crippen molar-refractivity contribution in [3.05, 3.63) is 65.6 Å². The predicted molar refractivity (Wildman–Crippen MR) is 185 cm³/mol. The van der Waals surface area contributed by atoms with E-state index < -0.39 is 24.3 Å². The van der Waals surface area contributed by atoms with Crippen molar-refractivity contribution in [1.82, 2.24) is 40.4 Å². The molecule has 0 bridgehead atoms. The first kappa shape index (κ1) is 34.7. The van der Waals surface area contributed by atoms with Crippen molar-refractivity contribution in [3.63, 3.8) is 0 Å². The van der Waals surface area contributed by atoms with Crippen molar-refractivity contribution in [2.75, 3.05) is 27.3 Å². The molecule has 4 amide bonds. The van der Waals surface area contributed by atoms with Crippen LogP contribution in [-0.2, 0) is 19.1 Å². The maximum atomic E-state index is 13.1. The first-order valence-corrected chi connectivity index (χ1v) is 17.4. The highest BCUT2D eigenvalue weighted by molar-refractivity contribution is 5.86. The highest BCUT2D eigenvalue weighted by atomic mass is 16.5. The van der Waals surface area contributed by atoms with E-state index in [1.165, 1.54) is 25.4 Å². The second-order valence-electron chi connectivity index (χ2n) is 13.3. The summed E-state index contributed by atoms with van der Waals surface area (Å²) in [5.74, 6) is 1.60. The number of nitrogens with zero attached hydrogens (tertiary/aromatic N) is 4. The van der Waals surface area contributed by atoms with Gasteiger partial charge in [-0.1, -0.05) is 30.3 Å². The number of hydrogen-bond acceptors (Lipinski definition) is 8. The molecule has 1 aliphatic carbocycles. The van der Waals surface area contributed by atoms with E-state index >= 15 is 0 Å². The van der Waals surface area contributed by atoms with Crippen LogP contribution in [0.2, 0.25) is 0 Å². The van der Waals surface area contributed by atoms with Gasteiger partial charge in [-0.05, 0) is 81.4 Å². The van der Waals surface area contributed by atoms with E-state index in [2.05, 4.69) is 70.4 Å². The monoisotopic (exact) mass is 686 g/mol. The number of nitrogens with one attached hydrogen (secondary N) is 4. The molecule has 0 radical (unpaired) electrons. The van der Waals surface area contributed by atoms with Gasteiger partial charge in [-0.2, -0.15) is 0 Å². The summed E-state index contributed by atoms with van der Waals surface area (Å²) in [7, 11) is 2.55. The zero-order valence-corrected chi connectivity index (χ0v) is 29.0. The fourth-order valence-corrected chi connectivity index (χ4v) is 7.36. The van der Waals surface area contributed by atoms with Crippen molar-refractivity contribution >= 4 is 29.6 Å². The zero-order chi connectivity index (χ0) is 35.4. The number of benzene rings is 1. The predicted octanol–water partition coefficient (Wildman–Crippen LogP) is 4.97. The van der Waals surface area contributed by atoms with E-state index in [-0.39, 0.29) is 23.9 Å². The summed E-state index contributed by atoms with van der Waals surface area (Å²) < 4.78 is 9.29. The number of alkyl carbamates (subject to hydrolysis) is 2. The Morgan fingerprint density at radius 1 is 0.780 bits per heavy atom. The molecule has 0 saturated carbocycles. The average Bonchev–Trinajstić information content (AvgIpc) is 3.97. The molecule has 4 heterocycles. The molecule has 2 fully saturated rings. The molecule has 50 heavy (non-hydrogen) atoms. The number of ether oxygens (including phenoxy) is 2. The number of allylic oxidation sites excluding steroid dienone is 2. The van der Waals surface area contributed by atoms with Gasteiger partial charge in [0.05, 0.1) is 50.1 Å². The molecule has 1 unspecified atom stereocenters. The van der Waals surface area contributed by atoms with Crippen LogP contribution < -0.4 is 10.6 Å². The van der Waals surface area contributed by atoms with Crippen molar-refractivity contribution in [1.29, 1.82) is 0 Å². The van der Waals surface area contributed by atoms with Crippen LogP contribution in [0.3, 0.4) is 0 Å². The molecule has 2 aliphatic heterocycles. The van der Waals surface area contributed by atoms with Gasteiger partial charge >= 0.3 is 12.2 Å². The van der Waals surface area contributed by atoms with Crippen molar-refractivity contribution in [2.45, 2.75) is 88.9 Å². The van der Waals surface area contributed by atoms with E-state index in [0.717, 1.165) is 73.5 Å². The molecule has 2 saturated heterocycles. The number of likely N-dealkylation sites (tertiary alicyclic amines) is 2. The lowest BCUT2D eigenvalue weighted by Crippen LogP contribution is -2.46. The number of imidazole rings is 2. The maximum absolute atomic E-state index is 13.1. The number of amides is 4. The summed E-state index contributed by atoms with van der Waals surface area (Å²) in [4.78, 5) is 69.2. The van der Waals surface area contributed by atoms with E-state index in [1.54, 1.807) is 23.6 Å². The first-order valence-electron chi connectivity index (χ1n) is 17.4. The third kappa shape index (κ3) is 7.38. The standard InChI is InChI=1S/C36H46N8O6/c1-21(39-35(47)49-3)33(45)43-17-5-7-29(43)31-37-19-27(41-31)25-13-9-23(10-14-25)24-11-15-26(16-12-24)28-20-38-32(42-28)30-8-6-18-44(30)34(46)22(2)40-36(48)50-4/h9-10,13-15,19-22,24,29-30H,5-8,11-12,16-18H2,1-4H3,(H,37,41)(H,38,42)(H,39,47)(H,40,48)/t21-,22+,24?,29-,30-/m0/s1. The zero-order valence-electron chi connectivity index (χ0n) is 29.0. The van der Waals surface area contributed by atoms with Gasteiger partial charge in [-0.15, -0.1) is 0 Å². The molecule has 3 aromatic rings. The molecular formula is C36H46N8O6. The molecule has 1 aromatic carbocycles. The third-order valence-corrected chi connectivity index (χ3v) is 10.1. The molecule has 266 valence electrons. The van der Waals surface area contributed by atoms with Gasteiger partial charge in [-0.3, -0.25) is 9.59 Å². The van der Waals surface area contributed by atoms with Gasteiger partial charge in [0.25, 0.3) is 0 Å². The van der Waals surface area contributed by atoms with E-state index in [0.29, 0.717) is 19.0 Å². The van der Waals surface area contributed by atoms with Crippen LogP contribution in [0.15, 0.2) is 42.7 Å². The van der Waals surface area contributed by atoms with Crippen molar-refractivity contribution in [3.8, 4) is 11.3 Å². The third-order valence-electron chi connectivity index (χ3n) is 10.1. The number of methoxy groups -OCH3 is 2. The number of carbonyl (C=O) groups is 4. The van der Waals surface area contributed by atoms with Crippen LogP contribution in [0.1, 0.15) is 99.7 Å². The molecule has 5 atom stereocenters. The highest BCUT2D eigenvalue weighted by Crippen LogP contribution is 2.38. The van der Waals surface area contributed by atoms with Crippen LogP contribution in [0.4, 0.5) is 9.59 Å². The van der Waals surface area contributed by atoms with Crippen LogP contribution in [-0.4, -0.2) is 93.1 Å². The summed E-state index contributed by atoms with van der Waals surface area (Å²) in [6.07, 6.45) is 10.9.